The average Bonchev–Trinajstić information content (AvgIpc) is 3.48. The van der Waals surface area contributed by atoms with Crippen LogP contribution in [0.4, 0.5) is 17.2 Å². The number of fused-ring (bicyclic) bond motifs is 1. The van der Waals surface area contributed by atoms with Gasteiger partial charge in [0.25, 0.3) is 0 Å². The van der Waals surface area contributed by atoms with Crippen LogP contribution in [0.1, 0.15) is 18.5 Å². The van der Waals surface area contributed by atoms with Gasteiger partial charge in [-0.2, -0.15) is 9.61 Å². The normalized spacial score (nSPS) is 18.0. The van der Waals surface area contributed by atoms with Crippen molar-refractivity contribution in [3.8, 4) is 5.88 Å². The predicted molar refractivity (Wildman–Crippen MR) is 133 cm³/mol. The molecule has 0 radical (unpaired) electrons. The van der Waals surface area contributed by atoms with Crippen LogP contribution in [0.2, 0.25) is 0 Å². The Morgan fingerprint density at radius 2 is 2.00 bits per heavy atom. The van der Waals surface area contributed by atoms with Gasteiger partial charge in [0.2, 0.25) is 5.88 Å². The average molecular weight is 474 g/mol. The van der Waals surface area contributed by atoms with Crippen LogP contribution in [0.25, 0.3) is 11.7 Å². The molecule has 6 rings (SSSR count). The minimum atomic E-state index is -0.481. The second kappa shape index (κ2) is 8.58. The van der Waals surface area contributed by atoms with E-state index in [-0.39, 0.29) is 11.6 Å². The first-order valence-electron chi connectivity index (χ1n) is 11.8. The molecular formula is C24H27N9O2. The molecule has 4 aromatic rings. The number of hydrogen-bond acceptors (Lipinski definition) is 8. The summed E-state index contributed by atoms with van der Waals surface area (Å²) in [6, 6.07) is 10.6. The van der Waals surface area contributed by atoms with Crippen molar-refractivity contribution in [2.24, 2.45) is 4.99 Å². The fourth-order valence-electron chi connectivity index (χ4n) is 4.25. The third kappa shape index (κ3) is 4.50. The summed E-state index contributed by atoms with van der Waals surface area (Å²) in [6.07, 6.45) is 5.43. The van der Waals surface area contributed by atoms with Crippen molar-refractivity contribution in [3.63, 3.8) is 0 Å². The minimum absolute atomic E-state index is 0.229. The summed E-state index contributed by atoms with van der Waals surface area (Å²) in [4.78, 5) is 30.8. The quantitative estimate of drug-likeness (QED) is 0.333. The van der Waals surface area contributed by atoms with Gasteiger partial charge in [0.1, 0.15) is 11.5 Å². The summed E-state index contributed by atoms with van der Waals surface area (Å²) in [5, 5.41) is 18.5. The molecule has 1 aliphatic heterocycles. The maximum atomic E-state index is 11.5. The molecule has 35 heavy (non-hydrogen) atoms. The van der Waals surface area contributed by atoms with E-state index in [4.69, 9.17) is 9.98 Å². The van der Waals surface area contributed by atoms with Crippen molar-refractivity contribution in [2.75, 3.05) is 43.4 Å². The SMILES string of the molecule is CN1CCN(c2cccc(Nc3cc(=NC4CC4)n4nc/c(=C/c5[nH]c(=O)[nH]c5O)c4n3)c2)CC1. The number of rotatable bonds is 5. The van der Waals surface area contributed by atoms with Crippen LogP contribution < -0.4 is 26.6 Å². The van der Waals surface area contributed by atoms with E-state index in [1.807, 2.05) is 18.2 Å². The first kappa shape index (κ1) is 21.4. The molecule has 4 heterocycles. The number of piperazine rings is 1. The van der Waals surface area contributed by atoms with Gasteiger partial charge in [-0.1, -0.05) is 6.07 Å². The van der Waals surface area contributed by atoms with E-state index < -0.39 is 5.69 Å². The van der Waals surface area contributed by atoms with Gasteiger partial charge in [-0.15, -0.1) is 0 Å². The second-order valence-corrected chi connectivity index (χ2v) is 9.15. The fourth-order valence-corrected chi connectivity index (χ4v) is 4.25. The highest BCUT2D eigenvalue weighted by Gasteiger charge is 2.20. The lowest BCUT2D eigenvalue weighted by atomic mass is 10.2. The molecule has 3 aromatic heterocycles. The van der Waals surface area contributed by atoms with Crippen molar-refractivity contribution in [1.82, 2.24) is 29.5 Å². The Labute approximate surface area is 200 Å². The van der Waals surface area contributed by atoms with Crippen LogP contribution in [-0.4, -0.2) is 73.8 Å². The first-order valence-corrected chi connectivity index (χ1v) is 11.8. The molecule has 0 unspecified atom stereocenters. The van der Waals surface area contributed by atoms with Crippen molar-refractivity contribution in [3.05, 3.63) is 63.4 Å². The molecule has 180 valence electrons. The number of likely N-dealkylation sites (N-methyl/N-ethyl adjacent to an activating group) is 1. The molecule has 1 saturated heterocycles. The number of nitrogens with zero attached hydrogens (tertiary/aromatic N) is 6. The zero-order valence-electron chi connectivity index (χ0n) is 19.4. The van der Waals surface area contributed by atoms with Gasteiger partial charge in [-0.05, 0) is 44.2 Å². The minimum Gasteiger partial charge on any atom is -0.493 e. The summed E-state index contributed by atoms with van der Waals surface area (Å²) < 4.78 is 1.69. The van der Waals surface area contributed by atoms with Crippen LogP contribution in [-0.2, 0) is 0 Å². The Bertz CT molecular complexity index is 1560. The Balaban J connectivity index is 1.39. The van der Waals surface area contributed by atoms with Gasteiger partial charge in [0, 0.05) is 48.8 Å². The van der Waals surface area contributed by atoms with Crippen LogP contribution >= 0.6 is 0 Å². The molecular weight excluding hydrogens is 446 g/mol. The highest BCUT2D eigenvalue weighted by atomic mass is 16.3. The smallest absolute Gasteiger partial charge is 0.326 e. The zero-order valence-corrected chi connectivity index (χ0v) is 19.4. The standard InChI is InChI=1S/C24H27N9O2/c1-31-7-9-32(10-8-31)18-4-2-3-17(12-18)26-20-13-21(27-16-5-6-16)33-22(29-20)15(14-25-33)11-19-23(34)30-24(35)28-19/h2-4,11-14,16,26,34H,5-10H2,1H3,(H2,28,30,35)/b15-11-,27-21?. The molecule has 1 aromatic carbocycles. The predicted octanol–water partition coefficient (Wildman–Crippen LogP) is 0.558. The summed E-state index contributed by atoms with van der Waals surface area (Å²) in [7, 11) is 2.15. The van der Waals surface area contributed by atoms with Crippen LogP contribution in [0, 0.1) is 0 Å². The number of imidazole rings is 1. The lowest BCUT2D eigenvalue weighted by Gasteiger charge is -2.34. The monoisotopic (exact) mass is 473 g/mol. The maximum absolute atomic E-state index is 11.5. The Morgan fingerprint density at radius 3 is 2.74 bits per heavy atom. The lowest BCUT2D eigenvalue weighted by Crippen LogP contribution is -2.44. The van der Waals surface area contributed by atoms with Gasteiger partial charge in [-0.25, -0.2) is 9.78 Å². The molecule has 0 amide bonds. The number of H-pyrrole nitrogens is 2. The molecule has 1 saturated carbocycles. The van der Waals surface area contributed by atoms with Crippen molar-refractivity contribution >= 4 is 28.9 Å². The number of benzene rings is 1. The zero-order chi connectivity index (χ0) is 23.9. The number of aromatic hydroxyl groups is 1. The van der Waals surface area contributed by atoms with Crippen LogP contribution in [0.5, 0.6) is 5.88 Å². The fraction of sp³-hybridized carbons (Fsp3) is 0.333. The Hall–Kier alpha value is -4.12. The van der Waals surface area contributed by atoms with Gasteiger partial charge < -0.3 is 25.2 Å². The van der Waals surface area contributed by atoms with Gasteiger partial charge >= 0.3 is 5.69 Å². The van der Waals surface area contributed by atoms with Gasteiger partial charge in [0.05, 0.1) is 12.2 Å². The summed E-state index contributed by atoms with van der Waals surface area (Å²) >= 11 is 0. The lowest BCUT2D eigenvalue weighted by molar-refractivity contribution is 0.313. The molecule has 4 N–H and O–H groups in total. The van der Waals surface area contributed by atoms with Crippen LogP contribution in [0.15, 0.2) is 46.3 Å². The Kier molecular flexibility index (Phi) is 5.25. The second-order valence-electron chi connectivity index (χ2n) is 9.15. The van der Waals surface area contributed by atoms with E-state index in [0.29, 0.717) is 28.2 Å². The van der Waals surface area contributed by atoms with E-state index in [0.717, 1.165) is 44.7 Å². The van der Waals surface area contributed by atoms with E-state index in [9.17, 15) is 9.90 Å². The first-order chi connectivity index (χ1) is 17.0. The summed E-state index contributed by atoms with van der Waals surface area (Å²) in [5.41, 5.74) is 3.19. The Morgan fingerprint density at radius 1 is 1.17 bits per heavy atom. The van der Waals surface area contributed by atoms with Crippen molar-refractivity contribution in [1.29, 1.82) is 0 Å². The number of hydrogen-bond donors (Lipinski definition) is 4. The summed E-state index contributed by atoms with van der Waals surface area (Å²) in [6.45, 7) is 4.09. The molecule has 0 spiro atoms. The van der Waals surface area contributed by atoms with E-state index in [1.54, 1.807) is 16.8 Å². The number of aromatic amines is 2. The largest absolute Gasteiger partial charge is 0.493 e. The van der Waals surface area contributed by atoms with E-state index >= 15 is 0 Å². The van der Waals surface area contributed by atoms with Gasteiger partial charge in [0.15, 0.2) is 11.1 Å². The highest BCUT2D eigenvalue weighted by Crippen LogP contribution is 2.24. The number of nitrogens with one attached hydrogen (secondary N) is 3. The van der Waals surface area contributed by atoms with E-state index in [2.05, 4.69) is 49.4 Å². The molecule has 11 heteroatoms. The van der Waals surface area contributed by atoms with Crippen molar-refractivity contribution < 1.29 is 5.11 Å². The van der Waals surface area contributed by atoms with E-state index in [1.165, 1.54) is 5.69 Å². The number of anilines is 3. The topological polar surface area (TPSA) is 130 Å². The molecule has 2 fully saturated rings. The maximum Gasteiger partial charge on any atom is 0.326 e. The molecule has 0 atom stereocenters. The van der Waals surface area contributed by atoms with Crippen LogP contribution in [0.3, 0.4) is 0 Å². The van der Waals surface area contributed by atoms with Crippen molar-refractivity contribution in [2.45, 2.75) is 18.9 Å². The third-order valence-corrected chi connectivity index (χ3v) is 6.36. The molecule has 0 bridgehead atoms. The molecule has 1 aliphatic carbocycles. The highest BCUT2D eigenvalue weighted by molar-refractivity contribution is 5.65. The molecule has 11 nitrogen and oxygen atoms in total. The summed E-state index contributed by atoms with van der Waals surface area (Å²) in [5.74, 6) is 0.418. The molecule has 2 aliphatic rings. The number of aromatic nitrogens is 5. The van der Waals surface area contributed by atoms with Gasteiger partial charge in [-0.3, -0.25) is 9.98 Å². The third-order valence-electron chi connectivity index (χ3n) is 6.36.